The van der Waals surface area contributed by atoms with E-state index in [1.165, 1.54) is 0 Å². The van der Waals surface area contributed by atoms with Crippen molar-refractivity contribution in [1.29, 1.82) is 0 Å². The Labute approximate surface area is 127 Å². The molecule has 5 nitrogen and oxygen atoms in total. The van der Waals surface area contributed by atoms with Gasteiger partial charge in [0.2, 0.25) is 5.91 Å². The van der Waals surface area contributed by atoms with Gasteiger partial charge in [0.05, 0.1) is 5.60 Å². The van der Waals surface area contributed by atoms with Gasteiger partial charge in [-0.2, -0.15) is 0 Å². The molecule has 4 N–H and O–H groups in total. The average molecular weight is 293 g/mol. The first-order valence-corrected chi connectivity index (χ1v) is 7.37. The lowest BCUT2D eigenvalue weighted by Crippen LogP contribution is -2.39. The number of anilines is 1. The number of carbonyl (C=O) groups is 1. The predicted octanol–water partition coefficient (Wildman–Crippen LogP) is 1.57. The second kappa shape index (κ2) is 8.12. The Morgan fingerprint density at radius 1 is 1.43 bits per heavy atom. The van der Waals surface area contributed by atoms with Crippen LogP contribution < -0.4 is 11.1 Å². The molecular formula is C16H27N3O2. The van der Waals surface area contributed by atoms with Crippen LogP contribution in [0.15, 0.2) is 24.3 Å². The van der Waals surface area contributed by atoms with Crippen LogP contribution in [0.25, 0.3) is 0 Å². The molecule has 0 aliphatic heterocycles. The number of likely N-dealkylation sites (N-methyl/N-ethyl adjacent to an activating group) is 1. The van der Waals surface area contributed by atoms with E-state index >= 15 is 0 Å². The first kappa shape index (κ1) is 17.6. The van der Waals surface area contributed by atoms with Crippen molar-refractivity contribution in [1.82, 2.24) is 4.90 Å². The van der Waals surface area contributed by atoms with Gasteiger partial charge < -0.3 is 21.1 Å². The van der Waals surface area contributed by atoms with Crippen molar-refractivity contribution in [3.63, 3.8) is 0 Å². The summed E-state index contributed by atoms with van der Waals surface area (Å²) in [6.07, 6.45) is 0.400. The third kappa shape index (κ3) is 7.22. The van der Waals surface area contributed by atoms with E-state index in [1.54, 1.807) is 13.8 Å². The lowest BCUT2D eigenvalue weighted by Gasteiger charge is -2.27. The Bertz CT molecular complexity index is 455. The lowest BCUT2D eigenvalue weighted by atomic mass is 10.1. The summed E-state index contributed by atoms with van der Waals surface area (Å²) in [6.45, 7) is 8.01. The fourth-order valence-electron chi connectivity index (χ4n) is 2.16. The van der Waals surface area contributed by atoms with E-state index in [0.29, 0.717) is 26.1 Å². The normalized spacial score (nSPS) is 11.7. The number of rotatable bonds is 8. The first-order chi connectivity index (χ1) is 9.84. The summed E-state index contributed by atoms with van der Waals surface area (Å²) in [5.41, 5.74) is 6.60. The van der Waals surface area contributed by atoms with Crippen LogP contribution in [0.5, 0.6) is 0 Å². The van der Waals surface area contributed by atoms with Crippen LogP contribution in [0.4, 0.5) is 5.69 Å². The van der Waals surface area contributed by atoms with Crippen molar-refractivity contribution in [3.8, 4) is 0 Å². The van der Waals surface area contributed by atoms with Crippen molar-refractivity contribution < 1.29 is 9.90 Å². The highest BCUT2D eigenvalue weighted by atomic mass is 16.3. The minimum absolute atomic E-state index is 0.0293. The van der Waals surface area contributed by atoms with Gasteiger partial charge in [-0.1, -0.05) is 19.1 Å². The zero-order chi connectivity index (χ0) is 15.9. The monoisotopic (exact) mass is 293 g/mol. The van der Waals surface area contributed by atoms with Crippen molar-refractivity contribution >= 4 is 11.6 Å². The molecule has 0 fully saturated rings. The van der Waals surface area contributed by atoms with E-state index < -0.39 is 5.60 Å². The van der Waals surface area contributed by atoms with Crippen LogP contribution in [0.3, 0.4) is 0 Å². The van der Waals surface area contributed by atoms with Crippen LogP contribution >= 0.6 is 0 Å². The number of amides is 1. The molecule has 0 unspecified atom stereocenters. The van der Waals surface area contributed by atoms with Gasteiger partial charge in [0.25, 0.3) is 0 Å². The van der Waals surface area contributed by atoms with Crippen molar-refractivity contribution in [2.24, 2.45) is 5.73 Å². The van der Waals surface area contributed by atoms with Gasteiger partial charge in [0, 0.05) is 31.7 Å². The molecule has 0 aliphatic rings. The summed E-state index contributed by atoms with van der Waals surface area (Å²) in [5.74, 6) is -0.0293. The molecule has 5 heteroatoms. The number of nitrogens with one attached hydrogen (secondary N) is 1. The molecule has 0 bridgehead atoms. The van der Waals surface area contributed by atoms with Gasteiger partial charge in [0.1, 0.15) is 0 Å². The smallest absolute Gasteiger partial charge is 0.225 e. The van der Waals surface area contributed by atoms with Gasteiger partial charge in [0.15, 0.2) is 0 Å². The van der Waals surface area contributed by atoms with Gasteiger partial charge in [-0.15, -0.1) is 0 Å². The van der Waals surface area contributed by atoms with Gasteiger partial charge in [-0.3, -0.25) is 4.79 Å². The van der Waals surface area contributed by atoms with E-state index in [2.05, 4.69) is 10.2 Å². The molecule has 0 aliphatic carbocycles. The molecule has 1 aromatic rings. The van der Waals surface area contributed by atoms with E-state index in [9.17, 15) is 9.90 Å². The molecule has 0 atom stereocenters. The summed E-state index contributed by atoms with van der Waals surface area (Å²) in [6, 6.07) is 7.54. The Balaban J connectivity index is 2.45. The van der Waals surface area contributed by atoms with Crippen molar-refractivity contribution in [3.05, 3.63) is 29.8 Å². The van der Waals surface area contributed by atoms with Crippen LogP contribution in [-0.4, -0.2) is 41.1 Å². The van der Waals surface area contributed by atoms with Crippen LogP contribution in [0.2, 0.25) is 0 Å². The molecule has 21 heavy (non-hydrogen) atoms. The molecule has 0 saturated heterocycles. The largest absolute Gasteiger partial charge is 0.389 e. The topological polar surface area (TPSA) is 78.6 Å². The Hall–Kier alpha value is -1.43. The minimum atomic E-state index is -0.748. The number of nitrogens with two attached hydrogens (primary N) is 1. The molecule has 0 radical (unpaired) electrons. The predicted molar refractivity (Wildman–Crippen MR) is 86.0 cm³/mol. The number of benzene rings is 1. The molecule has 1 aromatic carbocycles. The first-order valence-electron chi connectivity index (χ1n) is 7.37. The van der Waals surface area contributed by atoms with E-state index in [1.807, 2.05) is 31.2 Å². The van der Waals surface area contributed by atoms with E-state index in [4.69, 9.17) is 5.73 Å². The zero-order valence-corrected chi connectivity index (χ0v) is 13.2. The second-order valence-corrected chi connectivity index (χ2v) is 5.88. The van der Waals surface area contributed by atoms with Gasteiger partial charge >= 0.3 is 0 Å². The second-order valence-electron chi connectivity index (χ2n) is 5.88. The lowest BCUT2D eigenvalue weighted by molar-refractivity contribution is -0.116. The van der Waals surface area contributed by atoms with Gasteiger partial charge in [-0.05, 0) is 38.1 Å². The summed E-state index contributed by atoms with van der Waals surface area (Å²) in [5, 5.41) is 12.7. The molecule has 118 valence electrons. The maximum absolute atomic E-state index is 12.0. The quantitative estimate of drug-likeness (QED) is 0.680. The molecule has 1 amide bonds. The SMILES string of the molecule is CCN(CCC(=O)Nc1cccc(CN)c1)CC(C)(C)O. The summed E-state index contributed by atoms with van der Waals surface area (Å²) >= 11 is 0. The van der Waals surface area contributed by atoms with Gasteiger partial charge in [-0.25, -0.2) is 0 Å². The number of aliphatic hydroxyl groups is 1. The number of hydrogen-bond acceptors (Lipinski definition) is 4. The molecule has 0 saturated carbocycles. The standard InChI is InChI=1S/C16H27N3O2/c1-4-19(12-16(2,3)21)9-8-15(20)18-14-7-5-6-13(10-14)11-17/h5-7,10,21H,4,8-9,11-12,17H2,1-3H3,(H,18,20). The number of hydrogen-bond donors (Lipinski definition) is 3. The van der Waals surface area contributed by atoms with Crippen LogP contribution in [0.1, 0.15) is 32.8 Å². The van der Waals surface area contributed by atoms with E-state index in [-0.39, 0.29) is 5.91 Å². The Kier molecular flexibility index (Phi) is 6.81. The van der Waals surface area contributed by atoms with Crippen molar-refractivity contribution in [2.75, 3.05) is 25.0 Å². The fourth-order valence-corrected chi connectivity index (χ4v) is 2.16. The van der Waals surface area contributed by atoms with Crippen molar-refractivity contribution in [2.45, 2.75) is 39.3 Å². The Morgan fingerprint density at radius 3 is 2.71 bits per heavy atom. The summed E-state index contributed by atoms with van der Waals surface area (Å²) in [7, 11) is 0. The summed E-state index contributed by atoms with van der Waals surface area (Å²) in [4.78, 5) is 14.0. The maximum Gasteiger partial charge on any atom is 0.225 e. The summed E-state index contributed by atoms with van der Waals surface area (Å²) < 4.78 is 0. The van der Waals surface area contributed by atoms with E-state index in [0.717, 1.165) is 17.8 Å². The number of carbonyl (C=O) groups excluding carboxylic acids is 1. The van der Waals surface area contributed by atoms with Crippen LogP contribution in [-0.2, 0) is 11.3 Å². The maximum atomic E-state index is 12.0. The highest BCUT2D eigenvalue weighted by molar-refractivity contribution is 5.90. The minimum Gasteiger partial charge on any atom is -0.389 e. The van der Waals surface area contributed by atoms with Crippen LogP contribution in [0, 0.1) is 0 Å². The average Bonchev–Trinajstić information content (AvgIpc) is 2.42. The Morgan fingerprint density at radius 2 is 2.14 bits per heavy atom. The fraction of sp³-hybridized carbons (Fsp3) is 0.562. The molecule has 0 spiro atoms. The molecule has 0 heterocycles. The molecule has 1 rings (SSSR count). The third-order valence-electron chi connectivity index (χ3n) is 3.16. The highest BCUT2D eigenvalue weighted by Crippen LogP contribution is 2.11. The number of nitrogens with zero attached hydrogens (tertiary/aromatic N) is 1. The third-order valence-corrected chi connectivity index (χ3v) is 3.16. The molecule has 0 aromatic heterocycles. The zero-order valence-electron chi connectivity index (χ0n) is 13.2. The highest BCUT2D eigenvalue weighted by Gasteiger charge is 2.17. The molecular weight excluding hydrogens is 266 g/mol.